The molecular weight excluding hydrogens is 376 g/mol. The monoisotopic (exact) mass is 398 g/mol. The average Bonchev–Trinajstić information content (AvgIpc) is 3.01. The Balaban J connectivity index is 1.58. The molecule has 4 nitrogen and oxygen atoms in total. The summed E-state index contributed by atoms with van der Waals surface area (Å²) >= 11 is 2.94. The van der Waals surface area contributed by atoms with Crippen LogP contribution in [-0.2, 0) is 12.8 Å². The maximum atomic E-state index is 12.7. The molecule has 0 radical (unpaired) electrons. The second-order valence-electron chi connectivity index (χ2n) is 7.23. The van der Waals surface area contributed by atoms with Gasteiger partial charge in [-0.3, -0.25) is 9.59 Å². The summed E-state index contributed by atoms with van der Waals surface area (Å²) in [5, 5.41) is 1.29. The third-order valence-corrected chi connectivity index (χ3v) is 7.34. The second-order valence-corrected chi connectivity index (χ2v) is 9.27. The Kier molecular flexibility index (Phi) is 4.95. The molecular formula is C21H22N2O2S2. The van der Waals surface area contributed by atoms with Crippen LogP contribution in [0.5, 0.6) is 0 Å². The number of nitrogens with zero attached hydrogens (tertiary/aromatic N) is 1. The van der Waals surface area contributed by atoms with Gasteiger partial charge in [-0.15, -0.1) is 11.3 Å². The van der Waals surface area contributed by atoms with E-state index in [2.05, 4.69) is 23.0 Å². The van der Waals surface area contributed by atoms with Crippen molar-refractivity contribution in [1.29, 1.82) is 0 Å². The first-order valence-electron chi connectivity index (χ1n) is 9.22. The van der Waals surface area contributed by atoms with Crippen LogP contribution < -0.4 is 5.56 Å². The van der Waals surface area contributed by atoms with Gasteiger partial charge in [0.15, 0.2) is 10.9 Å². The van der Waals surface area contributed by atoms with Crippen molar-refractivity contribution in [2.45, 2.75) is 51.6 Å². The summed E-state index contributed by atoms with van der Waals surface area (Å²) < 4.78 is 0. The van der Waals surface area contributed by atoms with E-state index in [0.29, 0.717) is 5.16 Å². The first-order chi connectivity index (χ1) is 12.9. The smallest absolute Gasteiger partial charge is 0.260 e. The van der Waals surface area contributed by atoms with Gasteiger partial charge >= 0.3 is 0 Å². The SMILES string of the molecule is Cc1cc(C)c(C(=O)CSc2nc3sc4c(c3c(=O)[nH]2)CCCC4)cc1C. The van der Waals surface area contributed by atoms with Crippen LogP contribution in [0.1, 0.15) is 50.3 Å². The van der Waals surface area contributed by atoms with Gasteiger partial charge < -0.3 is 4.98 Å². The third kappa shape index (κ3) is 3.48. The zero-order valence-corrected chi connectivity index (χ0v) is 17.4. The maximum absolute atomic E-state index is 12.7. The van der Waals surface area contributed by atoms with E-state index in [-0.39, 0.29) is 17.1 Å². The van der Waals surface area contributed by atoms with E-state index in [9.17, 15) is 9.59 Å². The molecule has 2 heterocycles. The molecule has 0 saturated heterocycles. The molecule has 2 aromatic heterocycles. The molecule has 140 valence electrons. The number of hydrogen-bond acceptors (Lipinski definition) is 5. The number of benzene rings is 1. The number of aryl methyl sites for hydroxylation is 5. The van der Waals surface area contributed by atoms with Crippen molar-refractivity contribution < 1.29 is 4.79 Å². The number of nitrogens with one attached hydrogen (secondary N) is 1. The fourth-order valence-corrected chi connectivity index (χ4v) is 5.75. The average molecular weight is 399 g/mol. The van der Waals surface area contributed by atoms with Gasteiger partial charge in [-0.25, -0.2) is 4.98 Å². The standard InChI is InChI=1S/C21H22N2O2S2/c1-11-8-13(3)15(9-12(11)2)16(24)10-26-21-22-19(25)18-14-6-4-5-7-17(14)27-20(18)23-21/h8-9H,4-7,10H2,1-3H3,(H,22,23,25). The molecule has 0 fully saturated rings. The van der Waals surface area contributed by atoms with Crippen LogP contribution in [0.4, 0.5) is 0 Å². The number of aromatic nitrogens is 2. The van der Waals surface area contributed by atoms with Crippen LogP contribution in [0.2, 0.25) is 0 Å². The molecule has 0 aliphatic heterocycles. The van der Waals surface area contributed by atoms with Crippen molar-refractivity contribution in [3.05, 3.63) is 55.2 Å². The highest BCUT2D eigenvalue weighted by molar-refractivity contribution is 7.99. The van der Waals surface area contributed by atoms with Gasteiger partial charge in [0, 0.05) is 10.4 Å². The minimum atomic E-state index is -0.0725. The lowest BCUT2D eigenvalue weighted by molar-refractivity contribution is 0.102. The highest BCUT2D eigenvalue weighted by Crippen LogP contribution is 2.34. The molecule has 0 unspecified atom stereocenters. The summed E-state index contributed by atoms with van der Waals surface area (Å²) in [6.45, 7) is 6.03. The molecule has 4 rings (SSSR count). The predicted molar refractivity (Wildman–Crippen MR) is 113 cm³/mol. The first-order valence-corrected chi connectivity index (χ1v) is 11.0. The number of thiophene rings is 1. The Morgan fingerprint density at radius 3 is 2.70 bits per heavy atom. The number of thioether (sulfide) groups is 1. The van der Waals surface area contributed by atoms with Gasteiger partial charge in [0.2, 0.25) is 0 Å². The highest BCUT2D eigenvalue weighted by atomic mass is 32.2. The molecule has 0 spiro atoms. The second kappa shape index (κ2) is 7.24. The summed E-state index contributed by atoms with van der Waals surface area (Å²) in [6, 6.07) is 4.01. The van der Waals surface area contributed by atoms with E-state index in [1.807, 2.05) is 19.9 Å². The topological polar surface area (TPSA) is 62.8 Å². The van der Waals surface area contributed by atoms with Crippen LogP contribution >= 0.6 is 23.1 Å². The van der Waals surface area contributed by atoms with Crippen molar-refractivity contribution in [3.8, 4) is 0 Å². The largest absolute Gasteiger partial charge is 0.301 e. The highest BCUT2D eigenvalue weighted by Gasteiger charge is 2.20. The Hall–Kier alpha value is -1.92. The van der Waals surface area contributed by atoms with Gasteiger partial charge in [-0.1, -0.05) is 17.8 Å². The van der Waals surface area contributed by atoms with Gasteiger partial charge in [0.25, 0.3) is 5.56 Å². The summed E-state index contributed by atoms with van der Waals surface area (Å²) in [7, 11) is 0. The number of rotatable bonds is 4. The van der Waals surface area contributed by atoms with Gasteiger partial charge in [0.05, 0.1) is 11.1 Å². The molecule has 6 heteroatoms. The maximum Gasteiger partial charge on any atom is 0.260 e. The molecule has 1 aliphatic rings. The van der Waals surface area contributed by atoms with E-state index in [0.717, 1.165) is 46.2 Å². The number of fused-ring (bicyclic) bond motifs is 3. The molecule has 1 N–H and O–H groups in total. The fourth-order valence-electron chi connectivity index (χ4n) is 3.69. The van der Waals surface area contributed by atoms with Crippen molar-refractivity contribution in [3.63, 3.8) is 0 Å². The number of hydrogen-bond donors (Lipinski definition) is 1. The van der Waals surface area contributed by atoms with Gasteiger partial charge in [0.1, 0.15) is 4.83 Å². The number of ketones is 1. The summed E-state index contributed by atoms with van der Waals surface area (Å²) in [5.41, 5.74) is 5.16. The Labute approximate surface area is 166 Å². The van der Waals surface area contributed by atoms with Crippen molar-refractivity contribution in [1.82, 2.24) is 9.97 Å². The Bertz CT molecular complexity index is 1110. The Morgan fingerprint density at radius 2 is 1.89 bits per heavy atom. The molecule has 0 saturated carbocycles. The van der Waals surface area contributed by atoms with E-state index in [1.165, 1.54) is 34.2 Å². The lowest BCUT2D eigenvalue weighted by Gasteiger charge is -2.09. The number of H-pyrrole nitrogens is 1. The van der Waals surface area contributed by atoms with Gasteiger partial charge in [-0.05, 0) is 74.8 Å². The first kappa shape index (κ1) is 18.4. The fraction of sp³-hybridized carbons (Fsp3) is 0.381. The summed E-state index contributed by atoms with van der Waals surface area (Å²) in [6.07, 6.45) is 4.34. The van der Waals surface area contributed by atoms with E-state index >= 15 is 0 Å². The number of carbonyl (C=O) groups is 1. The lowest BCUT2D eigenvalue weighted by Crippen LogP contribution is -2.12. The molecule has 0 atom stereocenters. The summed E-state index contributed by atoms with van der Waals surface area (Å²) in [5.74, 6) is 0.330. The van der Waals surface area contributed by atoms with Crippen LogP contribution in [0.3, 0.4) is 0 Å². The van der Waals surface area contributed by atoms with Crippen LogP contribution in [-0.4, -0.2) is 21.5 Å². The van der Waals surface area contributed by atoms with Crippen LogP contribution in [0.15, 0.2) is 22.1 Å². The normalized spacial score (nSPS) is 13.7. The minimum absolute atomic E-state index is 0.0637. The molecule has 0 bridgehead atoms. The van der Waals surface area contributed by atoms with Gasteiger partial charge in [-0.2, -0.15) is 0 Å². The van der Waals surface area contributed by atoms with Crippen molar-refractivity contribution in [2.24, 2.45) is 0 Å². The quantitative estimate of drug-likeness (QED) is 0.391. The number of carbonyl (C=O) groups excluding carboxylic acids is 1. The molecule has 0 amide bonds. The van der Waals surface area contributed by atoms with E-state index in [4.69, 9.17) is 0 Å². The third-order valence-electron chi connectivity index (χ3n) is 5.28. The Morgan fingerprint density at radius 1 is 1.15 bits per heavy atom. The lowest BCUT2D eigenvalue weighted by atomic mass is 9.97. The number of Topliss-reactive ketones (excluding diaryl/α,β-unsaturated/α-hetero) is 1. The van der Waals surface area contributed by atoms with Crippen LogP contribution in [0.25, 0.3) is 10.2 Å². The molecule has 27 heavy (non-hydrogen) atoms. The number of aromatic amines is 1. The van der Waals surface area contributed by atoms with Crippen molar-refractivity contribution >= 4 is 39.1 Å². The predicted octanol–water partition coefficient (Wildman–Crippen LogP) is 4.76. The zero-order valence-electron chi connectivity index (χ0n) is 15.8. The van der Waals surface area contributed by atoms with Crippen LogP contribution in [0, 0.1) is 20.8 Å². The summed E-state index contributed by atoms with van der Waals surface area (Å²) in [4.78, 5) is 34.9. The van der Waals surface area contributed by atoms with Crippen molar-refractivity contribution in [2.75, 3.05) is 5.75 Å². The van der Waals surface area contributed by atoms with E-state index in [1.54, 1.807) is 11.3 Å². The minimum Gasteiger partial charge on any atom is -0.301 e. The zero-order chi connectivity index (χ0) is 19.1. The molecule has 1 aliphatic carbocycles. The molecule has 1 aromatic carbocycles. The van der Waals surface area contributed by atoms with E-state index < -0.39 is 0 Å². The molecule has 3 aromatic rings.